The lowest BCUT2D eigenvalue weighted by atomic mass is 10.0. The molecule has 0 spiro atoms. The van der Waals surface area contributed by atoms with E-state index in [4.69, 9.17) is 4.98 Å². The number of nitrogens with zero attached hydrogens (tertiary/aromatic N) is 3. The summed E-state index contributed by atoms with van der Waals surface area (Å²) in [5.74, 6) is 4.42. The lowest BCUT2D eigenvalue weighted by Gasteiger charge is -2.46. The molecular weight excluding hydrogens is 290 g/mol. The van der Waals surface area contributed by atoms with Crippen LogP contribution in [0.1, 0.15) is 44.5 Å². The molecule has 2 aliphatic heterocycles. The van der Waals surface area contributed by atoms with Gasteiger partial charge in [0.25, 0.3) is 0 Å². The zero-order valence-corrected chi connectivity index (χ0v) is 14.4. The van der Waals surface area contributed by atoms with Gasteiger partial charge in [0.05, 0.1) is 17.1 Å². The van der Waals surface area contributed by atoms with Crippen LogP contribution in [0, 0.1) is 0 Å². The Bertz CT molecular complexity index is 651. The van der Waals surface area contributed by atoms with Gasteiger partial charge in [0.15, 0.2) is 0 Å². The molecule has 0 atom stereocenters. The lowest BCUT2D eigenvalue weighted by molar-refractivity contribution is 0.0550. The number of rotatable bonds is 3. The highest BCUT2D eigenvalue weighted by atomic mass is 32.2. The molecule has 22 heavy (non-hydrogen) atoms. The van der Waals surface area contributed by atoms with E-state index < -0.39 is 0 Å². The van der Waals surface area contributed by atoms with E-state index in [0.717, 1.165) is 11.6 Å². The summed E-state index contributed by atoms with van der Waals surface area (Å²) in [4.78, 5) is 7.59. The molecule has 2 aromatic rings. The van der Waals surface area contributed by atoms with Gasteiger partial charge in [-0.25, -0.2) is 4.98 Å². The molecule has 2 fully saturated rings. The lowest BCUT2D eigenvalue weighted by Crippen LogP contribution is -2.53. The van der Waals surface area contributed by atoms with Crippen molar-refractivity contribution >= 4 is 22.8 Å². The summed E-state index contributed by atoms with van der Waals surface area (Å²) in [6.07, 6.45) is 2.75. The Morgan fingerprint density at radius 3 is 2.55 bits per heavy atom. The van der Waals surface area contributed by atoms with Gasteiger partial charge in [-0.3, -0.25) is 4.90 Å². The van der Waals surface area contributed by atoms with Crippen molar-refractivity contribution in [2.75, 3.05) is 24.6 Å². The summed E-state index contributed by atoms with van der Waals surface area (Å²) >= 11 is 2.12. The number of hydrogen-bond acceptors (Lipinski definition) is 3. The van der Waals surface area contributed by atoms with Crippen molar-refractivity contribution in [2.24, 2.45) is 0 Å². The number of thioether (sulfide) groups is 1. The molecule has 0 aliphatic carbocycles. The minimum absolute atomic E-state index is 0.479. The van der Waals surface area contributed by atoms with Crippen molar-refractivity contribution in [3.05, 3.63) is 30.1 Å². The molecule has 0 saturated carbocycles. The normalized spacial score (nSPS) is 21.6. The average molecular weight is 315 g/mol. The van der Waals surface area contributed by atoms with Crippen molar-refractivity contribution in [3.63, 3.8) is 0 Å². The van der Waals surface area contributed by atoms with E-state index in [1.165, 1.54) is 48.8 Å². The van der Waals surface area contributed by atoms with Crippen LogP contribution in [0.2, 0.25) is 0 Å². The van der Waals surface area contributed by atoms with E-state index in [2.05, 4.69) is 59.3 Å². The maximum Gasteiger partial charge on any atom is 0.112 e. The number of imidazole rings is 1. The Morgan fingerprint density at radius 1 is 1.09 bits per heavy atom. The van der Waals surface area contributed by atoms with Crippen molar-refractivity contribution < 1.29 is 0 Å². The number of likely N-dealkylation sites (tertiary alicyclic amines) is 1. The predicted molar refractivity (Wildman–Crippen MR) is 94.8 cm³/mol. The van der Waals surface area contributed by atoms with E-state index in [9.17, 15) is 0 Å². The number of hydrogen-bond donors (Lipinski definition) is 0. The monoisotopic (exact) mass is 315 g/mol. The van der Waals surface area contributed by atoms with E-state index in [-0.39, 0.29) is 0 Å². The number of fused-ring (bicyclic) bond motifs is 1. The summed E-state index contributed by atoms with van der Waals surface area (Å²) in [5.41, 5.74) is 2.47. The summed E-state index contributed by atoms with van der Waals surface area (Å²) in [7, 11) is 0. The van der Waals surface area contributed by atoms with Crippen LogP contribution < -0.4 is 0 Å². The molecule has 3 heterocycles. The van der Waals surface area contributed by atoms with Crippen LogP contribution in [0.15, 0.2) is 24.3 Å². The number of aromatic nitrogens is 2. The van der Waals surface area contributed by atoms with Gasteiger partial charge in [0, 0.05) is 25.0 Å². The van der Waals surface area contributed by atoms with Gasteiger partial charge in [0.1, 0.15) is 5.82 Å². The second-order valence-electron chi connectivity index (χ2n) is 6.93. The van der Waals surface area contributed by atoms with Crippen LogP contribution in [0.4, 0.5) is 0 Å². The first-order chi connectivity index (χ1) is 10.7. The average Bonchev–Trinajstić information content (AvgIpc) is 2.87. The molecule has 0 bridgehead atoms. The van der Waals surface area contributed by atoms with Crippen LogP contribution in [-0.2, 0) is 0 Å². The quantitative estimate of drug-likeness (QED) is 0.857. The molecule has 0 unspecified atom stereocenters. The second-order valence-corrected chi connectivity index (χ2v) is 8.16. The first-order valence-electron chi connectivity index (χ1n) is 8.52. The van der Waals surface area contributed by atoms with E-state index in [1.54, 1.807) is 0 Å². The summed E-state index contributed by atoms with van der Waals surface area (Å²) in [6, 6.07) is 10.0. The molecule has 1 aromatic heterocycles. The van der Waals surface area contributed by atoms with Crippen molar-refractivity contribution in [3.8, 4) is 0 Å². The van der Waals surface area contributed by atoms with E-state index in [0.29, 0.717) is 12.0 Å². The molecule has 118 valence electrons. The molecule has 4 rings (SSSR count). The van der Waals surface area contributed by atoms with Gasteiger partial charge in [-0.2, -0.15) is 11.8 Å². The third-order valence-corrected chi connectivity index (χ3v) is 6.15. The molecule has 2 saturated heterocycles. The highest BCUT2D eigenvalue weighted by Gasteiger charge is 2.35. The van der Waals surface area contributed by atoms with Gasteiger partial charge < -0.3 is 4.57 Å². The van der Waals surface area contributed by atoms with Gasteiger partial charge in [-0.1, -0.05) is 26.0 Å². The standard InChI is InChI=1S/C18H25N3S/c1-13(2)18-19-16-5-3-4-6-17(16)21(18)15-11-20(12-15)14-7-9-22-10-8-14/h3-6,13-15H,7-12H2,1-2H3. The molecule has 3 nitrogen and oxygen atoms in total. The van der Waals surface area contributed by atoms with Crippen LogP contribution in [0.3, 0.4) is 0 Å². The molecule has 0 N–H and O–H groups in total. The van der Waals surface area contributed by atoms with Crippen LogP contribution in [0.25, 0.3) is 11.0 Å². The van der Waals surface area contributed by atoms with Crippen molar-refractivity contribution in [1.82, 2.24) is 14.5 Å². The highest BCUT2D eigenvalue weighted by Crippen LogP contribution is 2.34. The van der Waals surface area contributed by atoms with Crippen molar-refractivity contribution in [1.29, 1.82) is 0 Å². The predicted octanol–water partition coefficient (Wildman–Crippen LogP) is 3.91. The smallest absolute Gasteiger partial charge is 0.112 e. The van der Waals surface area contributed by atoms with Gasteiger partial charge in [-0.15, -0.1) is 0 Å². The van der Waals surface area contributed by atoms with Gasteiger partial charge >= 0.3 is 0 Å². The van der Waals surface area contributed by atoms with E-state index in [1.807, 2.05) is 0 Å². The van der Waals surface area contributed by atoms with Gasteiger partial charge in [0.2, 0.25) is 0 Å². The first-order valence-corrected chi connectivity index (χ1v) is 9.68. The molecule has 4 heteroatoms. The minimum Gasteiger partial charge on any atom is -0.322 e. The molecule has 0 radical (unpaired) electrons. The zero-order valence-electron chi connectivity index (χ0n) is 13.5. The largest absolute Gasteiger partial charge is 0.322 e. The molecule has 2 aliphatic rings. The Balaban J connectivity index is 1.58. The maximum absolute atomic E-state index is 4.89. The minimum atomic E-state index is 0.479. The Hall–Kier alpha value is -1.00. The molecule has 1 aromatic carbocycles. The number of para-hydroxylation sites is 2. The van der Waals surface area contributed by atoms with Gasteiger partial charge in [-0.05, 0) is 36.5 Å². The van der Waals surface area contributed by atoms with Crippen molar-refractivity contribution in [2.45, 2.75) is 44.7 Å². The Labute approximate surface area is 137 Å². The second kappa shape index (κ2) is 5.89. The third-order valence-electron chi connectivity index (χ3n) is 5.10. The van der Waals surface area contributed by atoms with E-state index >= 15 is 0 Å². The van der Waals surface area contributed by atoms with Crippen LogP contribution in [0.5, 0.6) is 0 Å². The summed E-state index contributed by atoms with van der Waals surface area (Å²) in [5, 5.41) is 0. The maximum atomic E-state index is 4.89. The fraction of sp³-hybridized carbons (Fsp3) is 0.611. The third kappa shape index (κ3) is 2.46. The Kier molecular flexibility index (Phi) is 3.91. The molecular formula is C18H25N3S. The summed E-state index contributed by atoms with van der Waals surface area (Å²) < 4.78 is 2.52. The highest BCUT2D eigenvalue weighted by molar-refractivity contribution is 7.99. The van der Waals surface area contributed by atoms with Crippen LogP contribution >= 0.6 is 11.8 Å². The topological polar surface area (TPSA) is 21.1 Å². The van der Waals surface area contributed by atoms with Crippen LogP contribution in [-0.4, -0.2) is 45.1 Å². The summed E-state index contributed by atoms with van der Waals surface area (Å²) in [6.45, 7) is 6.92. The zero-order chi connectivity index (χ0) is 15.1. The fourth-order valence-electron chi connectivity index (χ4n) is 3.85. The Morgan fingerprint density at radius 2 is 1.82 bits per heavy atom. The fourth-order valence-corrected chi connectivity index (χ4v) is 4.94. The SMILES string of the molecule is CC(C)c1nc2ccccc2n1C1CN(C2CCSCC2)C1. The first kappa shape index (κ1) is 14.6. The molecule has 0 amide bonds. The number of benzene rings is 1.